The molecule has 122 valence electrons. The number of hydrogen-bond acceptors (Lipinski definition) is 4. The van der Waals surface area contributed by atoms with Gasteiger partial charge < -0.3 is 5.32 Å². The number of aromatic nitrogens is 4. The number of nitrogens with zero attached hydrogens (tertiary/aromatic N) is 4. The summed E-state index contributed by atoms with van der Waals surface area (Å²) in [7, 11) is 0. The summed E-state index contributed by atoms with van der Waals surface area (Å²) in [5, 5.41) is 15.1. The van der Waals surface area contributed by atoms with Gasteiger partial charge in [-0.2, -0.15) is 4.80 Å². The van der Waals surface area contributed by atoms with Crippen LogP contribution in [0.25, 0.3) is 11.4 Å². The van der Waals surface area contributed by atoms with E-state index in [4.69, 9.17) is 11.6 Å². The maximum absolute atomic E-state index is 12.9. The van der Waals surface area contributed by atoms with Crippen LogP contribution in [0.5, 0.6) is 0 Å². The molecule has 24 heavy (non-hydrogen) atoms. The van der Waals surface area contributed by atoms with E-state index < -0.39 is 0 Å². The molecule has 0 fully saturated rings. The van der Waals surface area contributed by atoms with Crippen LogP contribution in [0.3, 0.4) is 0 Å². The molecule has 1 amide bonds. The molecule has 0 radical (unpaired) electrons. The average molecular weight is 346 g/mol. The molecule has 3 rings (SSSR count). The molecular weight excluding hydrogens is 333 g/mol. The number of tetrazole rings is 1. The average Bonchev–Trinajstić information content (AvgIpc) is 3.03. The van der Waals surface area contributed by atoms with Crippen LogP contribution in [0.2, 0.25) is 5.02 Å². The number of nitrogens with one attached hydrogen (secondary N) is 1. The fourth-order valence-electron chi connectivity index (χ4n) is 2.04. The lowest BCUT2D eigenvalue weighted by molar-refractivity contribution is -0.122. The van der Waals surface area contributed by atoms with Crippen molar-refractivity contribution in [3.05, 3.63) is 64.9 Å². The lowest BCUT2D eigenvalue weighted by atomic mass is 10.2. The maximum atomic E-state index is 12.9. The largest absolute Gasteiger partial charge is 0.350 e. The Morgan fingerprint density at radius 2 is 1.92 bits per heavy atom. The van der Waals surface area contributed by atoms with Crippen LogP contribution < -0.4 is 5.32 Å². The molecule has 0 aliphatic heterocycles. The van der Waals surface area contributed by atoms with E-state index in [0.29, 0.717) is 23.0 Å². The van der Waals surface area contributed by atoms with Crippen molar-refractivity contribution in [1.82, 2.24) is 25.5 Å². The summed E-state index contributed by atoms with van der Waals surface area (Å²) in [4.78, 5) is 13.1. The van der Waals surface area contributed by atoms with Gasteiger partial charge in [0, 0.05) is 17.1 Å². The number of benzene rings is 2. The van der Waals surface area contributed by atoms with Gasteiger partial charge in [0.25, 0.3) is 0 Å². The highest BCUT2D eigenvalue weighted by Gasteiger charge is 2.10. The minimum atomic E-state index is -0.343. The van der Waals surface area contributed by atoms with Gasteiger partial charge in [0.1, 0.15) is 12.4 Å². The minimum Gasteiger partial charge on any atom is -0.350 e. The van der Waals surface area contributed by atoms with Gasteiger partial charge in [0.15, 0.2) is 0 Å². The summed E-state index contributed by atoms with van der Waals surface area (Å²) in [6.45, 7) is 0.247. The SMILES string of the molecule is O=C(Cn1nnc(-c2ccc(F)cc2)n1)NCc1ccccc1Cl. The van der Waals surface area contributed by atoms with E-state index in [0.717, 1.165) is 5.56 Å². The zero-order valence-electron chi connectivity index (χ0n) is 12.5. The maximum Gasteiger partial charge on any atom is 0.243 e. The molecule has 1 heterocycles. The molecule has 1 aromatic heterocycles. The van der Waals surface area contributed by atoms with E-state index in [1.54, 1.807) is 18.2 Å². The Kier molecular flexibility index (Phi) is 4.81. The van der Waals surface area contributed by atoms with Gasteiger partial charge in [-0.3, -0.25) is 4.79 Å². The Balaban J connectivity index is 1.59. The van der Waals surface area contributed by atoms with Gasteiger partial charge in [0.2, 0.25) is 11.7 Å². The summed E-state index contributed by atoms with van der Waals surface area (Å²) in [5.74, 6) is -0.281. The Labute approximate surface area is 142 Å². The zero-order chi connectivity index (χ0) is 16.9. The Morgan fingerprint density at radius 3 is 2.67 bits per heavy atom. The van der Waals surface area contributed by atoms with Crippen molar-refractivity contribution in [3.63, 3.8) is 0 Å². The molecule has 1 N–H and O–H groups in total. The molecule has 2 aromatic carbocycles. The molecule has 8 heteroatoms. The van der Waals surface area contributed by atoms with Crippen LogP contribution in [-0.4, -0.2) is 26.1 Å². The Bertz CT molecular complexity index is 850. The molecule has 0 aliphatic rings. The summed E-state index contributed by atoms with van der Waals surface area (Å²) >= 11 is 6.03. The molecule has 6 nitrogen and oxygen atoms in total. The van der Waals surface area contributed by atoms with Crippen LogP contribution in [-0.2, 0) is 17.9 Å². The van der Waals surface area contributed by atoms with Gasteiger partial charge in [-0.15, -0.1) is 10.2 Å². The smallest absolute Gasteiger partial charge is 0.243 e. The normalized spacial score (nSPS) is 10.6. The van der Waals surface area contributed by atoms with Crippen molar-refractivity contribution < 1.29 is 9.18 Å². The molecule has 3 aromatic rings. The number of rotatable bonds is 5. The van der Waals surface area contributed by atoms with Gasteiger partial charge in [-0.25, -0.2) is 4.39 Å². The number of carbonyl (C=O) groups is 1. The molecule has 0 atom stereocenters. The molecule has 0 saturated carbocycles. The van der Waals surface area contributed by atoms with E-state index in [1.807, 2.05) is 18.2 Å². The summed E-state index contributed by atoms with van der Waals surface area (Å²) < 4.78 is 12.9. The molecule has 0 saturated heterocycles. The summed E-state index contributed by atoms with van der Waals surface area (Å²) in [6, 6.07) is 13.0. The van der Waals surface area contributed by atoms with Crippen molar-refractivity contribution >= 4 is 17.5 Å². The van der Waals surface area contributed by atoms with E-state index in [-0.39, 0.29) is 18.3 Å². The van der Waals surface area contributed by atoms with Gasteiger partial charge >= 0.3 is 0 Å². The topological polar surface area (TPSA) is 72.7 Å². The van der Waals surface area contributed by atoms with Crippen LogP contribution >= 0.6 is 11.6 Å². The van der Waals surface area contributed by atoms with E-state index in [2.05, 4.69) is 20.7 Å². The quantitative estimate of drug-likeness (QED) is 0.771. The van der Waals surface area contributed by atoms with E-state index in [9.17, 15) is 9.18 Å². The second-order valence-electron chi connectivity index (χ2n) is 5.02. The number of halogens is 2. The predicted octanol–water partition coefficient (Wildman–Crippen LogP) is 2.45. The lowest BCUT2D eigenvalue weighted by Crippen LogP contribution is -2.28. The fourth-order valence-corrected chi connectivity index (χ4v) is 2.25. The van der Waals surface area contributed by atoms with Crippen molar-refractivity contribution in [2.75, 3.05) is 0 Å². The zero-order valence-corrected chi connectivity index (χ0v) is 13.2. The molecular formula is C16H13ClFN5O. The highest BCUT2D eigenvalue weighted by molar-refractivity contribution is 6.31. The first kappa shape index (κ1) is 16.1. The van der Waals surface area contributed by atoms with E-state index >= 15 is 0 Å². The third kappa shape index (κ3) is 3.94. The summed E-state index contributed by atoms with van der Waals surface area (Å²) in [5.41, 5.74) is 1.45. The predicted molar refractivity (Wildman–Crippen MR) is 86.5 cm³/mol. The van der Waals surface area contributed by atoms with Crippen molar-refractivity contribution in [3.8, 4) is 11.4 Å². The Hall–Kier alpha value is -2.80. The van der Waals surface area contributed by atoms with Gasteiger partial charge in [-0.05, 0) is 41.1 Å². The summed E-state index contributed by atoms with van der Waals surface area (Å²) in [6.07, 6.45) is 0. The van der Waals surface area contributed by atoms with Crippen LogP contribution in [0.15, 0.2) is 48.5 Å². The first-order valence-electron chi connectivity index (χ1n) is 7.15. The molecule has 0 unspecified atom stereocenters. The third-order valence-corrected chi connectivity index (χ3v) is 3.64. The first-order valence-corrected chi connectivity index (χ1v) is 7.53. The van der Waals surface area contributed by atoms with Crippen molar-refractivity contribution in [2.45, 2.75) is 13.1 Å². The second kappa shape index (κ2) is 7.18. The van der Waals surface area contributed by atoms with Crippen LogP contribution in [0.1, 0.15) is 5.56 Å². The third-order valence-electron chi connectivity index (χ3n) is 3.27. The number of amides is 1. The molecule has 0 aliphatic carbocycles. The van der Waals surface area contributed by atoms with Crippen LogP contribution in [0, 0.1) is 5.82 Å². The Morgan fingerprint density at radius 1 is 1.17 bits per heavy atom. The molecule has 0 bridgehead atoms. The van der Waals surface area contributed by atoms with Gasteiger partial charge in [0.05, 0.1) is 0 Å². The number of hydrogen-bond donors (Lipinski definition) is 1. The standard InChI is InChI=1S/C16H13ClFN5O/c17-14-4-2-1-3-12(14)9-19-15(24)10-23-21-16(20-22-23)11-5-7-13(18)8-6-11/h1-8H,9-10H2,(H,19,24). The van der Waals surface area contributed by atoms with E-state index in [1.165, 1.54) is 16.9 Å². The highest BCUT2D eigenvalue weighted by Crippen LogP contribution is 2.15. The molecule has 0 spiro atoms. The monoisotopic (exact) mass is 345 g/mol. The lowest BCUT2D eigenvalue weighted by Gasteiger charge is -2.06. The fraction of sp³-hybridized carbons (Fsp3) is 0.125. The van der Waals surface area contributed by atoms with Crippen LogP contribution in [0.4, 0.5) is 4.39 Å². The van der Waals surface area contributed by atoms with Gasteiger partial charge in [-0.1, -0.05) is 29.8 Å². The minimum absolute atomic E-state index is 0.0708. The number of carbonyl (C=O) groups excluding carboxylic acids is 1. The second-order valence-corrected chi connectivity index (χ2v) is 5.43. The first-order chi connectivity index (χ1) is 11.6. The highest BCUT2D eigenvalue weighted by atomic mass is 35.5. The van der Waals surface area contributed by atoms with Crippen molar-refractivity contribution in [2.24, 2.45) is 0 Å². The van der Waals surface area contributed by atoms with Crippen molar-refractivity contribution in [1.29, 1.82) is 0 Å².